The summed E-state index contributed by atoms with van der Waals surface area (Å²) in [5, 5.41) is 15.4. The Morgan fingerprint density at radius 2 is 2.21 bits per heavy atom. The lowest BCUT2D eigenvalue weighted by Gasteiger charge is -2.14. The zero-order valence-electron chi connectivity index (χ0n) is 10.5. The third kappa shape index (κ3) is 3.90. The molecule has 1 heterocycles. The van der Waals surface area contributed by atoms with E-state index < -0.39 is 6.04 Å². The largest absolute Gasteiger partial charge is 0.374 e. The topological polar surface area (TPSA) is 66.9 Å². The molecule has 0 bridgehead atoms. The van der Waals surface area contributed by atoms with Crippen LogP contribution in [0, 0.1) is 6.92 Å². The van der Waals surface area contributed by atoms with Gasteiger partial charge in [0.1, 0.15) is 11.0 Å². The number of carbonyl (C=O) groups excluding carboxylic acids is 1. The maximum atomic E-state index is 11.9. The fourth-order valence-corrected chi connectivity index (χ4v) is 2.24. The fraction of sp³-hybridized carbons (Fsp3) is 0.250. The Hall–Kier alpha value is -1.66. The van der Waals surface area contributed by atoms with E-state index in [9.17, 15) is 4.79 Å². The van der Waals surface area contributed by atoms with Crippen LogP contribution in [0.3, 0.4) is 0 Å². The summed E-state index contributed by atoms with van der Waals surface area (Å²) in [5.41, 5.74) is 0.795. The number of amides is 1. The molecule has 1 atom stereocenters. The van der Waals surface area contributed by atoms with Gasteiger partial charge in [-0.05, 0) is 32.0 Å². The predicted molar refractivity (Wildman–Crippen MR) is 77.8 cm³/mol. The summed E-state index contributed by atoms with van der Waals surface area (Å²) in [7, 11) is 0. The van der Waals surface area contributed by atoms with Gasteiger partial charge >= 0.3 is 0 Å². The highest BCUT2D eigenvalue weighted by Crippen LogP contribution is 2.17. The van der Waals surface area contributed by atoms with Crippen LogP contribution in [-0.4, -0.2) is 22.1 Å². The highest BCUT2D eigenvalue weighted by atomic mass is 35.5. The van der Waals surface area contributed by atoms with E-state index in [0.717, 1.165) is 10.7 Å². The first kappa shape index (κ1) is 13.8. The van der Waals surface area contributed by atoms with Gasteiger partial charge in [-0.15, -0.1) is 10.2 Å². The zero-order valence-corrected chi connectivity index (χ0v) is 12.0. The number of hydrogen-bond acceptors (Lipinski definition) is 5. The van der Waals surface area contributed by atoms with Crippen LogP contribution >= 0.6 is 22.9 Å². The van der Waals surface area contributed by atoms with Crippen molar-refractivity contribution in [3.8, 4) is 0 Å². The van der Waals surface area contributed by atoms with Crippen LogP contribution < -0.4 is 10.6 Å². The molecule has 0 fully saturated rings. The van der Waals surface area contributed by atoms with Crippen molar-refractivity contribution < 1.29 is 4.79 Å². The van der Waals surface area contributed by atoms with Crippen molar-refractivity contribution >= 4 is 39.7 Å². The van der Waals surface area contributed by atoms with Crippen LogP contribution in [0.2, 0.25) is 5.02 Å². The lowest BCUT2D eigenvalue weighted by Crippen LogP contribution is -2.31. The first-order valence-corrected chi connectivity index (χ1v) is 6.87. The van der Waals surface area contributed by atoms with E-state index >= 15 is 0 Å². The molecule has 7 heteroatoms. The molecule has 0 radical (unpaired) electrons. The number of carbonyl (C=O) groups is 1. The van der Waals surface area contributed by atoms with E-state index in [2.05, 4.69) is 20.8 Å². The maximum absolute atomic E-state index is 11.9. The third-order valence-electron chi connectivity index (χ3n) is 2.36. The minimum atomic E-state index is -0.400. The van der Waals surface area contributed by atoms with Crippen molar-refractivity contribution in [2.45, 2.75) is 19.9 Å². The standard InChI is InChI=1S/C12H13ClN4OS/c1-7(14-10-5-3-4-9(13)6-10)11(18)15-12-17-16-8(2)19-12/h3-7,14H,1-2H3,(H,15,17,18)/t7-/m1/s1. The minimum Gasteiger partial charge on any atom is -0.374 e. The average Bonchev–Trinajstić information content (AvgIpc) is 2.74. The molecule has 0 aliphatic rings. The molecule has 0 aliphatic carbocycles. The number of benzene rings is 1. The molecular formula is C12H13ClN4OS. The van der Waals surface area contributed by atoms with Gasteiger partial charge in [-0.2, -0.15) is 0 Å². The van der Waals surface area contributed by atoms with Gasteiger partial charge in [-0.25, -0.2) is 0 Å². The molecule has 0 saturated heterocycles. The maximum Gasteiger partial charge on any atom is 0.248 e. The van der Waals surface area contributed by atoms with Crippen LogP contribution in [0.15, 0.2) is 24.3 Å². The van der Waals surface area contributed by atoms with Gasteiger partial charge in [0, 0.05) is 10.7 Å². The number of rotatable bonds is 4. The van der Waals surface area contributed by atoms with Crippen LogP contribution in [-0.2, 0) is 4.79 Å². The molecule has 0 spiro atoms. The Morgan fingerprint density at radius 3 is 2.84 bits per heavy atom. The summed E-state index contributed by atoms with van der Waals surface area (Å²) in [4.78, 5) is 11.9. The Labute approximate surface area is 120 Å². The van der Waals surface area contributed by atoms with Gasteiger partial charge < -0.3 is 5.32 Å². The number of aryl methyl sites for hydroxylation is 1. The minimum absolute atomic E-state index is 0.170. The van der Waals surface area contributed by atoms with Gasteiger partial charge in [-0.3, -0.25) is 10.1 Å². The molecule has 0 saturated carbocycles. The van der Waals surface area contributed by atoms with E-state index in [1.807, 2.05) is 19.1 Å². The van der Waals surface area contributed by atoms with Crippen molar-refractivity contribution in [1.29, 1.82) is 0 Å². The summed E-state index contributed by atoms with van der Waals surface area (Å²) < 4.78 is 0. The second-order valence-corrected chi connectivity index (χ2v) is 5.61. The molecule has 2 aromatic rings. The first-order valence-electron chi connectivity index (χ1n) is 5.67. The number of nitrogens with one attached hydrogen (secondary N) is 2. The molecule has 1 amide bonds. The van der Waals surface area contributed by atoms with E-state index in [1.165, 1.54) is 11.3 Å². The lowest BCUT2D eigenvalue weighted by atomic mass is 10.2. The molecule has 100 valence electrons. The number of nitrogens with zero attached hydrogens (tertiary/aromatic N) is 2. The van der Waals surface area contributed by atoms with E-state index in [-0.39, 0.29) is 5.91 Å². The van der Waals surface area contributed by atoms with E-state index in [4.69, 9.17) is 11.6 Å². The molecule has 2 rings (SSSR count). The van der Waals surface area contributed by atoms with Crippen molar-refractivity contribution in [1.82, 2.24) is 10.2 Å². The molecule has 0 unspecified atom stereocenters. The molecule has 1 aromatic carbocycles. The Balaban J connectivity index is 1.96. The van der Waals surface area contributed by atoms with Crippen molar-refractivity contribution in [3.63, 3.8) is 0 Å². The molecule has 2 N–H and O–H groups in total. The summed E-state index contributed by atoms with van der Waals surface area (Å²) >= 11 is 7.22. The third-order valence-corrected chi connectivity index (χ3v) is 3.35. The summed E-state index contributed by atoms with van der Waals surface area (Å²) in [6.45, 7) is 3.60. The number of halogens is 1. The highest BCUT2D eigenvalue weighted by Gasteiger charge is 2.14. The van der Waals surface area contributed by atoms with Crippen LogP contribution in [0.4, 0.5) is 10.8 Å². The highest BCUT2D eigenvalue weighted by molar-refractivity contribution is 7.15. The SMILES string of the molecule is Cc1nnc(NC(=O)[C@@H](C)Nc2cccc(Cl)c2)s1. The van der Waals surface area contributed by atoms with Crippen molar-refractivity contribution in [3.05, 3.63) is 34.3 Å². The Morgan fingerprint density at radius 1 is 1.42 bits per heavy atom. The van der Waals surface area contributed by atoms with Crippen LogP contribution in [0.25, 0.3) is 0 Å². The number of hydrogen-bond donors (Lipinski definition) is 2. The average molecular weight is 297 g/mol. The second kappa shape index (κ2) is 5.99. The monoisotopic (exact) mass is 296 g/mol. The fourth-order valence-electron chi connectivity index (χ4n) is 1.45. The summed E-state index contributed by atoms with van der Waals surface area (Å²) in [6.07, 6.45) is 0. The Kier molecular flexibility index (Phi) is 4.34. The van der Waals surface area contributed by atoms with Gasteiger partial charge in [0.05, 0.1) is 0 Å². The number of anilines is 2. The summed E-state index contributed by atoms with van der Waals surface area (Å²) in [5.74, 6) is -0.170. The number of aromatic nitrogens is 2. The van der Waals surface area contributed by atoms with Gasteiger partial charge in [-0.1, -0.05) is 29.0 Å². The molecule has 1 aromatic heterocycles. The first-order chi connectivity index (χ1) is 9.04. The quantitative estimate of drug-likeness (QED) is 0.910. The van der Waals surface area contributed by atoms with Gasteiger partial charge in [0.15, 0.2) is 0 Å². The van der Waals surface area contributed by atoms with Crippen molar-refractivity contribution in [2.75, 3.05) is 10.6 Å². The van der Waals surface area contributed by atoms with Crippen LogP contribution in [0.1, 0.15) is 11.9 Å². The smallest absolute Gasteiger partial charge is 0.248 e. The molecule has 5 nitrogen and oxygen atoms in total. The molecule has 0 aliphatic heterocycles. The summed E-state index contributed by atoms with van der Waals surface area (Å²) in [6, 6.07) is 6.82. The molecular weight excluding hydrogens is 284 g/mol. The Bertz CT molecular complexity index is 587. The van der Waals surface area contributed by atoms with E-state index in [1.54, 1.807) is 19.1 Å². The second-order valence-electron chi connectivity index (χ2n) is 3.99. The molecule has 19 heavy (non-hydrogen) atoms. The van der Waals surface area contributed by atoms with E-state index in [0.29, 0.717) is 10.2 Å². The van der Waals surface area contributed by atoms with Crippen LogP contribution in [0.5, 0.6) is 0 Å². The predicted octanol–water partition coefficient (Wildman–Crippen LogP) is 2.94. The van der Waals surface area contributed by atoms with Gasteiger partial charge in [0.25, 0.3) is 0 Å². The van der Waals surface area contributed by atoms with Gasteiger partial charge in [0.2, 0.25) is 11.0 Å². The lowest BCUT2D eigenvalue weighted by molar-refractivity contribution is -0.116. The normalized spacial score (nSPS) is 11.9. The van der Waals surface area contributed by atoms with Crippen molar-refractivity contribution in [2.24, 2.45) is 0 Å². The zero-order chi connectivity index (χ0) is 13.8.